The number of nitrogen functional groups attached to an aromatic ring is 1. The summed E-state index contributed by atoms with van der Waals surface area (Å²) in [5.74, 6) is 0.711. The summed E-state index contributed by atoms with van der Waals surface area (Å²) >= 11 is 0. The van der Waals surface area contributed by atoms with Crippen molar-refractivity contribution in [3.63, 3.8) is 0 Å². The van der Waals surface area contributed by atoms with Crippen molar-refractivity contribution in [1.82, 2.24) is 23.9 Å². The van der Waals surface area contributed by atoms with Gasteiger partial charge in [0.2, 0.25) is 16.0 Å². The molecule has 0 spiro atoms. The number of benzene rings is 1. The fourth-order valence-electron chi connectivity index (χ4n) is 3.27. The summed E-state index contributed by atoms with van der Waals surface area (Å²) in [6.45, 7) is 9.43. The molecule has 194 valence electrons. The first-order valence-corrected chi connectivity index (χ1v) is 14.3. The Hall–Kier alpha value is -3.29. The maximum atomic E-state index is 12.9. The van der Waals surface area contributed by atoms with Crippen molar-refractivity contribution < 1.29 is 21.4 Å². The van der Waals surface area contributed by atoms with Gasteiger partial charge in [-0.3, -0.25) is 4.55 Å². The highest BCUT2D eigenvalue weighted by molar-refractivity contribution is 7.90. The van der Waals surface area contributed by atoms with Crippen molar-refractivity contribution in [3.05, 3.63) is 48.3 Å². The van der Waals surface area contributed by atoms with E-state index in [-0.39, 0.29) is 17.0 Å². The van der Waals surface area contributed by atoms with E-state index in [1.54, 1.807) is 26.0 Å². The number of fused-ring (bicyclic) bond motifs is 1. The molecule has 0 saturated carbocycles. The molecule has 0 saturated heterocycles. The minimum absolute atomic E-state index is 0.100. The average Bonchev–Trinajstić information content (AvgIpc) is 3.33. The minimum Gasteiger partial charge on any atom is -0.368 e. The number of imidazole rings is 2. The lowest BCUT2D eigenvalue weighted by molar-refractivity contribution is 0.490. The Morgan fingerprint density at radius 1 is 0.972 bits per heavy atom. The van der Waals surface area contributed by atoms with Gasteiger partial charge in [0.25, 0.3) is 10.1 Å². The van der Waals surface area contributed by atoms with Crippen molar-refractivity contribution in [3.8, 4) is 22.6 Å². The molecule has 3 heterocycles. The Labute approximate surface area is 210 Å². The summed E-state index contributed by atoms with van der Waals surface area (Å²) in [6, 6.07) is 13.3. The van der Waals surface area contributed by atoms with Gasteiger partial charge in [-0.2, -0.15) is 12.4 Å². The summed E-state index contributed by atoms with van der Waals surface area (Å²) in [4.78, 5) is 17.1. The highest BCUT2D eigenvalue weighted by atomic mass is 32.2. The van der Waals surface area contributed by atoms with E-state index < -0.39 is 25.4 Å². The number of nitrogens with zero attached hydrogens (tertiary/aromatic N) is 4. The van der Waals surface area contributed by atoms with Gasteiger partial charge in [-0.25, -0.2) is 23.4 Å². The van der Waals surface area contributed by atoms with Crippen LogP contribution in [-0.2, 0) is 25.6 Å². The van der Waals surface area contributed by atoms with Gasteiger partial charge in [-0.05, 0) is 26.0 Å². The highest BCUT2D eigenvalue weighted by Crippen LogP contribution is 2.33. The van der Waals surface area contributed by atoms with Crippen LogP contribution in [0.2, 0.25) is 0 Å². The standard InChI is InChI=1S/C22H26N6O2S.CH4O3S/c1-13(2)31(29,30)28-19-16(25-21(28)23)12-11-15(24-19)18-17(14-9-7-6-8-10-14)26-20(27-18)22(3,4)5;1-5(2,3)4/h6-13H,1-5H3,(H2,23,25)(H,26,27);1H3,(H,2,3,4). The van der Waals surface area contributed by atoms with Crippen LogP contribution < -0.4 is 5.73 Å². The zero-order valence-electron chi connectivity index (χ0n) is 20.9. The lowest BCUT2D eigenvalue weighted by Crippen LogP contribution is -2.24. The molecule has 0 bridgehead atoms. The number of nitrogens with one attached hydrogen (secondary N) is 1. The lowest BCUT2D eigenvalue weighted by atomic mass is 9.96. The molecule has 0 aliphatic carbocycles. The number of aromatic amines is 1. The first kappa shape index (κ1) is 27.3. The zero-order chi connectivity index (χ0) is 27.1. The second-order valence-electron chi connectivity index (χ2n) is 9.53. The van der Waals surface area contributed by atoms with Crippen LogP contribution in [0.3, 0.4) is 0 Å². The predicted octanol–water partition coefficient (Wildman–Crippen LogP) is 3.46. The molecule has 0 fully saturated rings. The first-order chi connectivity index (χ1) is 16.5. The van der Waals surface area contributed by atoms with Crippen LogP contribution in [0.15, 0.2) is 42.5 Å². The van der Waals surface area contributed by atoms with Gasteiger partial charge < -0.3 is 10.7 Å². The van der Waals surface area contributed by atoms with Crippen molar-refractivity contribution >= 4 is 37.3 Å². The van der Waals surface area contributed by atoms with Crippen molar-refractivity contribution in [2.45, 2.75) is 45.3 Å². The van der Waals surface area contributed by atoms with Crippen LogP contribution in [0.25, 0.3) is 33.8 Å². The zero-order valence-corrected chi connectivity index (χ0v) is 22.5. The van der Waals surface area contributed by atoms with Crippen LogP contribution in [0.1, 0.15) is 40.4 Å². The second kappa shape index (κ2) is 9.64. The molecule has 0 aliphatic rings. The van der Waals surface area contributed by atoms with E-state index in [4.69, 9.17) is 15.3 Å². The number of hydrogen-bond acceptors (Lipinski definition) is 8. The van der Waals surface area contributed by atoms with Gasteiger partial charge in [0.05, 0.1) is 28.6 Å². The van der Waals surface area contributed by atoms with Crippen LogP contribution in [-0.4, -0.2) is 56.8 Å². The summed E-state index contributed by atoms with van der Waals surface area (Å²) in [6.07, 6.45) is 0.715. The molecule has 4 aromatic rings. The van der Waals surface area contributed by atoms with Gasteiger partial charge >= 0.3 is 0 Å². The molecule has 0 unspecified atom stereocenters. The fourth-order valence-corrected chi connectivity index (χ4v) is 4.37. The van der Waals surface area contributed by atoms with Gasteiger partial charge in [0.15, 0.2) is 5.65 Å². The Balaban J connectivity index is 0.000000658. The third-order valence-corrected chi connectivity index (χ3v) is 7.12. The van der Waals surface area contributed by atoms with Gasteiger partial charge in [0, 0.05) is 11.0 Å². The first-order valence-electron chi connectivity index (χ1n) is 11.0. The SMILES string of the molecule is CC(C)S(=O)(=O)n1c(N)nc2ccc(-c3[nH]c(C(C)(C)C)nc3-c3ccccc3)nc21.CS(=O)(=O)O. The van der Waals surface area contributed by atoms with E-state index in [1.807, 2.05) is 30.3 Å². The van der Waals surface area contributed by atoms with Crippen LogP contribution in [0.5, 0.6) is 0 Å². The molecule has 11 nitrogen and oxygen atoms in total. The van der Waals surface area contributed by atoms with E-state index in [2.05, 4.69) is 35.7 Å². The molecule has 0 atom stereocenters. The molecule has 0 aliphatic heterocycles. The molecule has 0 radical (unpaired) electrons. The van der Waals surface area contributed by atoms with E-state index in [0.29, 0.717) is 23.2 Å². The molecule has 36 heavy (non-hydrogen) atoms. The number of H-pyrrole nitrogens is 1. The van der Waals surface area contributed by atoms with E-state index in [9.17, 15) is 16.8 Å². The Kier molecular flexibility index (Phi) is 7.31. The third kappa shape index (κ3) is 5.91. The number of hydrogen-bond donors (Lipinski definition) is 3. The molecular formula is C23H30N6O5S2. The van der Waals surface area contributed by atoms with Gasteiger partial charge in [0.1, 0.15) is 11.3 Å². The smallest absolute Gasteiger partial charge is 0.261 e. The largest absolute Gasteiger partial charge is 0.368 e. The van der Waals surface area contributed by atoms with E-state index in [0.717, 1.165) is 21.1 Å². The molecule has 1 aromatic carbocycles. The summed E-state index contributed by atoms with van der Waals surface area (Å²) in [5, 5.41) is -0.669. The highest BCUT2D eigenvalue weighted by Gasteiger charge is 2.27. The molecule has 4 rings (SSSR count). The van der Waals surface area contributed by atoms with Gasteiger partial charge in [-0.15, -0.1) is 0 Å². The van der Waals surface area contributed by atoms with Gasteiger partial charge in [-0.1, -0.05) is 51.1 Å². The minimum atomic E-state index is -3.73. The second-order valence-corrected chi connectivity index (χ2v) is 13.3. The molecule has 4 N–H and O–H groups in total. The topological polar surface area (TPSA) is 174 Å². The molecule has 3 aromatic heterocycles. The number of anilines is 1. The molecule has 0 amide bonds. The monoisotopic (exact) mass is 534 g/mol. The molecular weight excluding hydrogens is 504 g/mol. The Morgan fingerprint density at radius 2 is 1.56 bits per heavy atom. The number of pyridine rings is 1. The maximum absolute atomic E-state index is 12.9. The maximum Gasteiger partial charge on any atom is 0.261 e. The van der Waals surface area contributed by atoms with Crippen LogP contribution in [0.4, 0.5) is 5.95 Å². The third-order valence-electron chi connectivity index (χ3n) is 5.06. The summed E-state index contributed by atoms with van der Waals surface area (Å²) in [7, 11) is -7.40. The molecule has 13 heteroatoms. The lowest BCUT2D eigenvalue weighted by Gasteiger charge is -2.14. The number of aromatic nitrogens is 5. The quantitative estimate of drug-likeness (QED) is 0.331. The Bertz CT molecular complexity index is 1590. The average molecular weight is 535 g/mol. The normalized spacial score (nSPS) is 12.6. The number of rotatable bonds is 4. The number of nitrogens with two attached hydrogens (primary N) is 1. The Morgan fingerprint density at radius 3 is 2.08 bits per heavy atom. The van der Waals surface area contributed by atoms with Crippen LogP contribution >= 0.6 is 0 Å². The van der Waals surface area contributed by atoms with Crippen molar-refractivity contribution in [2.24, 2.45) is 0 Å². The van der Waals surface area contributed by atoms with Crippen LogP contribution in [0, 0.1) is 0 Å². The predicted molar refractivity (Wildman–Crippen MR) is 141 cm³/mol. The summed E-state index contributed by atoms with van der Waals surface area (Å²) < 4.78 is 52.7. The fraction of sp³-hybridized carbons (Fsp3) is 0.348. The van der Waals surface area contributed by atoms with Crippen molar-refractivity contribution in [1.29, 1.82) is 0 Å². The van der Waals surface area contributed by atoms with E-state index >= 15 is 0 Å². The van der Waals surface area contributed by atoms with E-state index in [1.165, 1.54) is 0 Å². The van der Waals surface area contributed by atoms with Crippen molar-refractivity contribution in [2.75, 3.05) is 12.0 Å². The summed E-state index contributed by atoms with van der Waals surface area (Å²) in [5.41, 5.74) is 9.34.